The molecule has 0 saturated heterocycles. The lowest BCUT2D eigenvalue weighted by atomic mass is 9.85. The highest BCUT2D eigenvalue weighted by molar-refractivity contribution is 7.12. The summed E-state index contributed by atoms with van der Waals surface area (Å²) in [6.45, 7) is 2.17. The Morgan fingerprint density at radius 1 is 1.31 bits per heavy atom. The molecule has 0 radical (unpaired) electrons. The molecule has 1 saturated carbocycles. The van der Waals surface area contributed by atoms with Crippen LogP contribution in [0.5, 0.6) is 0 Å². The number of thiophene rings is 1. The molecule has 0 aromatic carbocycles. The van der Waals surface area contributed by atoms with Gasteiger partial charge in [0.25, 0.3) is 0 Å². The predicted octanol–water partition coefficient (Wildman–Crippen LogP) is 4.31. The minimum atomic E-state index is -0.214. The molecule has 90 valence electrons. The van der Waals surface area contributed by atoms with E-state index in [9.17, 15) is 5.11 Å². The smallest absolute Gasteiger partial charge is 0.0884 e. The van der Waals surface area contributed by atoms with Gasteiger partial charge in [-0.3, -0.25) is 0 Å². The first kappa shape index (κ1) is 12.1. The van der Waals surface area contributed by atoms with Crippen molar-refractivity contribution in [3.05, 3.63) is 21.9 Å². The first-order valence-electron chi connectivity index (χ1n) is 6.56. The van der Waals surface area contributed by atoms with Crippen LogP contribution in [0.2, 0.25) is 0 Å². The molecule has 1 heterocycles. The second-order valence-electron chi connectivity index (χ2n) is 4.91. The summed E-state index contributed by atoms with van der Waals surface area (Å²) >= 11 is 1.78. The van der Waals surface area contributed by atoms with Crippen molar-refractivity contribution in [1.29, 1.82) is 0 Å². The number of aliphatic hydroxyl groups is 1. The topological polar surface area (TPSA) is 20.2 Å². The third-order valence-corrected chi connectivity index (χ3v) is 4.97. The van der Waals surface area contributed by atoms with Gasteiger partial charge in [-0.2, -0.15) is 0 Å². The molecule has 1 fully saturated rings. The van der Waals surface area contributed by atoms with Gasteiger partial charge in [0.2, 0.25) is 0 Å². The molecule has 1 aromatic heterocycles. The maximum atomic E-state index is 10.2. The van der Waals surface area contributed by atoms with Crippen molar-refractivity contribution in [2.75, 3.05) is 0 Å². The average Bonchev–Trinajstić information content (AvgIpc) is 2.79. The predicted molar refractivity (Wildman–Crippen MR) is 69.8 cm³/mol. The maximum Gasteiger partial charge on any atom is 0.0884 e. The molecular formula is C14H22OS. The van der Waals surface area contributed by atoms with Gasteiger partial charge in [-0.1, -0.05) is 39.0 Å². The van der Waals surface area contributed by atoms with Gasteiger partial charge in [-0.15, -0.1) is 11.3 Å². The van der Waals surface area contributed by atoms with Crippen LogP contribution in [0.25, 0.3) is 0 Å². The lowest BCUT2D eigenvalue weighted by molar-refractivity contribution is 0.134. The number of hydrogen-bond acceptors (Lipinski definition) is 2. The molecule has 2 rings (SSSR count). The third-order valence-electron chi connectivity index (χ3n) is 3.64. The molecule has 1 aromatic rings. The maximum absolute atomic E-state index is 10.2. The van der Waals surface area contributed by atoms with Gasteiger partial charge in [0, 0.05) is 9.75 Å². The van der Waals surface area contributed by atoms with Crippen molar-refractivity contribution in [2.24, 2.45) is 5.92 Å². The van der Waals surface area contributed by atoms with Gasteiger partial charge in [-0.25, -0.2) is 0 Å². The molecule has 1 N–H and O–H groups in total. The van der Waals surface area contributed by atoms with Crippen molar-refractivity contribution >= 4 is 11.3 Å². The van der Waals surface area contributed by atoms with Gasteiger partial charge in [0.1, 0.15) is 0 Å². The third kappa shape index (κ3) is 3.08. The zero-order valence-electron chi connectivity index (χ0n) is 10.1. The summed E-state index contributed by atoms with van der Waals surface area (Å²) in [5, 5.41) is 10.2. The van der Waals surface area contributed by atoms with Crippen molar-refractivity contribution in [2.45, 2.75) is 58.0 Å². The van der Waals surface area contributed by atoms with Gasteiger partial charge in [0.05, 0.1) is 6.10 Å². The molecule has 1 nitrogen and oxygen atoms in total. The molecule has 1 aliphatic carbocycles. The zero-order valence-corrected chi connectivity index (χ0v) is 10.9. The Morgan fingerprint density at radius 2 is 2.06 bits per heavy atom. The number of aliphatic hydroxyl groups excluding tert-OH is 1. The Bertz CT molecular complexity index is 312. The van der Waals surface area contributed by atoms with E-state index in [0.29, 0.717) is 0 Å². The lowest BCUT2D eigenvalue weighted by Crippen LogP contribution is -2.10. The Morgan fingerprint density at radius 3 is 2.69 bits per heavy atom. The summed E-state index contributed by atoms with van der Waals surface area (Å²) in [5.74, 6) is 0.760. The van der Waals surface area contributed by atoms with E-state index in [4.69, 9.17) is 0 Å². The van der Waals surface area contributed by atoms with Crippen molar-refractivity contribution in [1.82, 2.24) is 0 Å². The van der Waals surface area contributed by atoms with E-state index in [-0.39, 0.29) is 6.10 Å². The highest BCUT2D eigenvalue weighted by Crippen LogP contribution is 2.34. The second kappa shape index (κ2) is 5.83. The summed E-state index contributed by atoms with van der Waals surface area (Å²) in [7, 11) is 0. The van der Waals surface area contributed by atoms with Crippen molar-refractivity contribution in [3.63, 3.8) is 0 Å². The van der Waals surface area contributed by atoms with Gasteiger partial charge in [-0.05, 0) is 30.9 Å². The van der Waals surface area contributed by atoms with Crippen LogP contribution in [-0.4, -0.2) is 5.11 Å². The van der Waals surface area contributed by atoms with Gasteiger partial charge >= 0.3 is 0 Å². The minimum absolute atomic E-state index is 0.214. The fourth-order valence-corrected chi connectivity index (χ4v) is 3.57. The largest absolute Gasteiger partial charge is 0.388 e. The Hall–Kier alpha value is -0.340. The van der Waals surface area contributed by atoms with E-state index in [0.717, 1.165) is 18.8 Å². The highest BCUT2D eigenvalue weighted by atomic mass is 32.1. The molecular weight excluding hydrogens is 216 g/mol. The van der Waals surface area contributed by atoms with Crippen LogP contribution in [0.4, 0.5) is 0 Å². The van der Waals surface area contributed by atoms with Crippen molar-refractivity contribution in [3.8, 4) is 0 Å². The number of hydrogen-bond donors (Lipinski definition) is 1. The molecule has 1 atom stereocenters. The number of aryl methyl sites for hydroxylation is 1. The fourth-order valence-electron chi connectivity index (χ4n) is 2.62. The van der Waals surface area contributed by atoms with E-state index < -0.39 is 0 Å². The quantitative estimate of drug-likeness (QED) is 0.828. The van der Waals surface area contributed by atoms with Crippen LogP contribution < -0.4 is 0 Å². The van der Waals surface area contributed by atoms with Crippen molar-refractivity contribution < 1.29 is 5.11 Å². The average molecular weight is 238 g/mol. The van der Waals surface area contributed by atoms with Crippen LogP contribution in [0.15, 0.2) is 12.1 Å². The molecule has 0 aliphatic heterocycles. The molecule has 2 heteroatoms. The van der Waals surface area contributed by atoms with Gasteiger partial charge in [0.15, 0.2) is 0 Å². The fraction of sp³-hybridized carbons (Fsp3) is 0.714. The highest BCUT2D eigenvalue weighted by Gasteiger charge is 2.19. The Labute approximate surface area is 103 Å². The second-order valence-corrected chi connectivity index (χ2v) is 6.11. The van der Waals surface area contributed by atoms with E-state index in [1.165, 1.54) is 41.9 Å². The molecule has 0 bridgehead atoms. The lowest BCUT2D eigenvalue weighted by Gasteiger charge is -2.23. The molecule has 16 heavy (non-hydrogen) atoms. The van der Waals surface area contributed by atoms with E-state index in [1.54, 1.807) is 11.3 Å². The Kier molecular flexibility index (Phi) is 4.42. The first-order chi connectivity index (χ1) is 7.79. The summed E-state index contributed by atoms with van der Waals surface area (Å²) < 4.78 is 0. The van der Waals surface area contributed by atoms with Gasteiger partial charge < -0.3 is 5.11 Å². The SMILES string of the molecule is CCc1ccc(C(O)CC2CCCCC2)s1. The summed E-state index contributed by atoms with van der Waals surface area (Å²) in [6, 6.07) is 4.26. The number of rotatable bonds is 4. The van der Waals surface area contributed by atoms with Crippen LogP contribution in [-0.2, 0) is 6.42 Å². The molecule has 0 spiro atoms. The molecule has 1 unspecified atom stereocenters. The van der Waals surface area contributed by atoms with E-state index in [2.05, 4.69) is 19.1 Å². The Balaban J connectivity index is 1.88. The summed E-state index contributed by atoms with van der Waals surface area (Å²) in [6.07, 6.45) is 8.61. The normalized spacial score (nSPS) is 19.9. The molecule has 0 amide bonds. The molecule has 1 aliphatic rings. The standard InChI is InChI=1S/C14H22OS/c1-2-12-8-9-14(16-12)13(15)10-11-6-4-3-5-7-11/h8-9,11,13,15H,2-7,10H2,1H3. The van der Waals surface area contributed by atoms with E-state index >= 15 is 0 Å². The minimum Gasteiger partial charge on any atom is -0.388 e. The zero-order chi connectivity index (χ0) is 11.4. The summed E-state index contributed by atoms with van der Waals surface area (Å²) in [5.41, 5.74) is 0. The van der Waals surface area contributed by atoms with E-state index in [1.807, 2.05) is 0 Å². The van der Waals surface area contributed by atoms with Crippen LogP contribution >= 0.6 is 11.3 Å². The van der Waals surface area contributed by atoms with Crippen LogP contribution in [0.1, 0.15) is 61.3 Å². The monoisotopic (exact) mass is 238 g/mol. The first-order valence-corrected chi connectivity index (χ1v) is 7.38. The van der Waals surface area contributed by atoms with Crippen LogP contribution in [0.3, 0.4) is 0 Å². The summed E-state index contributed by atoms with van der Waals surface area (Å²) in [4.78, 5) is 2.56. The van der Waals surface area contributed by atoms with Crippen LogP contribution in [0, 0.1) is 5.92 Å².